The van der Waals surface area contributed by atoms with E-state index in [1.807, 2.05) is 19.1 Å². The Kier molecular flexibility index (Phi) is 5.46. The second-order valence-electron chi connectivity index (χ2n) is 6.07. The Labute approximate surface area is 174 Å². The van der Waals surface area contributed by atoms with Gasteiger partial charge in [0.05, 0.1) is 16.4 Å². The van der Waals surface area contributed by atoms with Gasteiger partial charge < -0.3 is 16.4 Å². The van der Waals surface area contributed by atoms with Crippen molar-refractivity contribution in [2.75, 3.05) is 5.32 Å². The van der Waals surface area contributed by atoms with E-state index in [-0.39, 0.29) is 0 Å². The van der Waals surface area contributed by atoms with Crippen molar-refractivity contribution in [1.82, 2.24) is 5.32 Å². The minimum absolute atomic E-state index is 0.298. The molecule has 3 rings (SSSR count). The summed E-state index contributed by atoms with van der Waals surface area (Å²) in [5.41, 5.74) is 6.02. The highest BCUT2D eigenvalue weighted by Crippen LogP contribution is 2.35. The molecule has 0 aromatic heterocycles. The van der Waals surface area contributed by atoms with Crippen molar-refractivity contribution in [3.8, 4) is 0 Å². The molecule has 2 amide bonds. The van der Waals surface area contributed by atoms with Crippen molar-refractivity contribution >= 4 is 63.0 Å². The zero-order chi connectivity index (χ0) is 19.8. The number of nitrogens with two attached hydrogens (primary N) is 1. The number of amides is 2. The van der Waals surface area contributed by atoms with Gasteiger partial charge in [0, 0.05) is 10.2 Å². The van der Waals surface area contributed by atoms with Crippen LogP contribution in [0.3, 0.4) is 0 Å². The Bertz CT molecular complexity index is 966. The van der Waals surface area contributed by atoms with E-state index >= 15 is 0 Å². The molecule has 6 nitrogen and oxygen atoms in total. The normalized spacial score (nSPS) is 21.0. The standard InChI is InChI=1S/C18H15BrCl2N4O2/c1-9-2-3-10(19)6-12(9)18(17(22)27)15(23-8-24-18)16(26)25-11-4-5-13(20)14(21)7-11/h2-8,15H,1H3,(H2,22,27)(H,23,24)(H,25,26). The predicted molar refractivity (Wildman–Crippen MR) is 110 cm³/mol. The number of anilines is 1. The van der Waals surface area contributed by atoms with E-state index in [2.05, 4.69) is 31.6 Å². The first-order valence-corrected chi connectivity index (χ1v) is 9.42. The maximum atomic E-state index is 12.9. The van der Waals surface area contributed by atoms with E-state index in [1.165, 1.54) is 12.4 Å². The van der Waals surface area contributed by atoms with Crippen molar-refractivity contribution in [3.05, 3.63) is 62.0 Å². The highest BCUT2D eigenvalue weighted by atomic mass is 79.9. The van der Waals surface area contributed by atoms with Crippen LogP contribution in [0.4, 0.5) is 5.69 Å². The molecule has 140 valence electrons. The Hall–Kier alpha value is -2.09. The Morgan fingerprint density at radius 2 is 1.96 bits per heavy atom. The van der Waals surface area contributed by atoms with Gasteiger partial charge in [-0.15, -0.1) is 0 Å². The third-order valence-corrected chi connectivity index (χ3v) is 5.61. The molecule has 1 heterocycles. The maximum absolute atomic E-state index is 12.9. The molecule has 1 aliphatic heterocycles. The molecule has 1 aliphatic rings. The molecule has 2 unspecified atom stereocenters. The largest absolute Gasteiger partial charge is 0.367 e. The summed E-state index contributed by atoms with van der Waals surface area (Å²) in [5.74, 6) is -1.22. The molecule has 0 radical (unpaired) electrons. The fourth-order valence-electron chi connectivity index (χ4n) is 3.04. The third kappa shape index (κ3) is 3.54. The SMILES string of the molecule is Cc1ccc(Br)cc1C1(C(N)=O)NC=NC1C(=O)Nc1ccc(Cl)c(Cl)c1. The van der Waals surface area contributed by atoms with E-state index in [9.17, 15) is 9.59 Å². The number of hydrogen-bond donors (Lipinski definition) is 3. The topological polar surface area (TPSA) is 96.6 Å². The van der Waals surface area contributed by atoms with Gasteiger partial charge in [-0.05, 0) is 48.4 Å². The number of aliphatic imine (C=N–C) groups is 1. The van der Waals surface area contributed by atoms with Gasteiger partial charge in [-0.2, -0.15) is 0 Å². The van der Waals surface area contributed by atoms with Crippen LogP contribution in [0.5, 0.6) is 0 Å². The number of rotatable bonds is 4. The van der Waals surface area contributed by atoms with E-state index in [4.69, 9.17) is 28.9 Å². The first-order valence-electron chi connectivity index (χ1n) is 7.87. The maximum Gasteiger partial charge on any atom is 0.252 e. The summed E-state index contributed by atoms with van der Waals surface area (Å²) in [5, 5.41) is 6.27. The number of halogens is 3. The van der Waals surface area contributed by atoms with Gasteiger partial charge in [0.2, 0.25) is 0 Å². The summed E-state index contributed by atoms with van der Waals surface area (Å²) in [6.07, 6.45) is 1.32. The highest BCUT2D eigenvalue weighted by molar-refractivity contribution is 9.10. The Balaban J connectivity index is 2.00. The molecule has 27 heavy (non-hydrogen) atoms. The van der Waals surface area contributed by atoms with E-state index in [1.54, 1.807) is 18.2 Å². The molecular formula is C18H15BrCl2N4O2. The zero-order valence-corrected chi connectivity index (χ0v) is 17.2. The van der Waals surface area contributed by atoms with Crippen molar-refractivity contribution < 1.29 is 9.59 Å². The van der Waals surface area contributed by atoms with Crippen molar-refractivity contribution in [2.24, 2.45) is 10.7 Å². The lowest BCUT2D eigenvalue weighted by Crippen LogP contribution is -2.59. The molecule has 2 atom stereocenters. The monoisotopic (exact) mass is 468 g/mol. The number of carbonyl (C=O) groups excluding carboxylic acids is 2. The second kappa shape index (κ2) is 7.50. The van der Waals surface area contributed by atoms with Crippen LogP contribution in [-0.4, -0.2) is 24.2 Å². The summed E-state index contributed by atoms with van der Waals surface area (Å²) in [6, 6.07) is 9.01. The molecule has 0 spiro atoms. The third-order valence-electron chi connectivity index (χ3n) is 4.37. The van der Waals surface area contributed by atoms with Crippen LogP contribution >= 0.6 is 39.1 Å². The fraction of sp³-hybridized carbons (Fsp3) is 0.167. The summed E-state index contributed by atoms with van der Waals surface area (Å²) < 4.78 is 0.751. The summed E-state index contributed by atoms with van der Waals surface area (Å²) in [7, 11) is 0. The minimum Gasteiger partial charge on any atom is -0.367 e. The van der Waals surface area contributed by atoms with Crippen LogP contribution in [0.1, 0.15) is 11.1 Å². The molecule has 0 fully saturated rings. The van der Waals surface area contributed by atoms with Gasteiger partial charge >= 0.3 is 0 Å². The Morgan fingerprint density at radius 1 is 1.22 bits per heavy atom. The number of nitrogens with zero attached hydrogens (tertiary/aromatic N) is 1. The van der Waals surface area contributed by atoms with Crippen molar-refractivity contribution in [2.45, 2.75) is 18.5 Å². The van der Waals surface area contributed by atoms with Crippen molar-refractivity contribution in [3.63, 3.8) is 0 Å². The Morgan fingerprint density at radius 3 is 2.63 bits per heavy atom. The number of hydrogen-bond acceptors (Lipinski definition) is 4. The molecule has 2 aromatic rings. The molecule has 0 bridgehead atoms. The van der Waals surface area contributed by atoms with E-state index < -0.39 is 23.4 Å². The molecular weight excluding hydrogens is 455 g/mol. The molecule has 2 aromatic carbocycles. The lowest BCUT2D eigenvalue weighted by molar-refractivity contribution is -0.129. The molecule has 4 N–H and O–H groups in total. The van der Waals surface area contributed by atoms with Gasteiger partial charge in [-0.1, -0.05) is 45.2 Å². The quantitative estimate of drug-likeness (QED) is 0.640. The minimum atomic E-state index is -1.51. The molecule has 9 heteroatoms. The van der Waals surface area contributed by atoms with Crippen LogP contribution in [-0.2, 0) is 15.1 Å². The van der Waals surface area contributed by atoms with Gasteiger partial charge in [0.15, 0.2) is 11.6 Å². The number of carbonyl (C=O) groups is 2. The smallest absolute Gasteiger partial charge is 0.252 e. The van der Waals surface area contributed by atoms with Crippen LogP contribution in [0.25, 0.3) is 0 Å². The van der Waals surface area contributed by atoms with Gasteiger partial charge in [0.1, 0.15) is 0 Å². The molecule has 0 saturated carbocycles. The first-order chi connectivity index (χ1) is 12.8. The van der Waals surface area contributed by atoms with Crippen LogP contribution < -0.4 is 16.4 Å². The number of benzene rings is 2. The van der Waals surface area contributed by atoms with Crippen molar-refractivity contribution in [1.29, 1.82) is 0 Å². The van der Waals surface area contributed by atoms with Crippen LogP contribution in [0.2, 0.25) is 10.0 Å². The first kappa shape index (κ1) is 19.7. The average Bonchev–Trinajstić information content (AvgIpc) is 3.06. The molecule has 0 aliphatic carbocycles. The fourth-order valence-corrected chi connectivity index (χ4v) is 3.70. The van der Waals surface area contributed by atoms with Gasteiger partial charge in [-0.25, -0.2) is 0 Å². The lowest BCUT2D eigenvalue weighted by Gasteiger charge is -2.32. The summed E-state index contributed by atoms with van der Waals surface area (Å²) in [4.78, 5) is 29.6. The van der Waals surface area contributed by atoms with E-state index in [0.717, 1.165) is 10.0 Å². The lowest BCUT2D eigenvalue weighted by atomic mass is 9.80. The highest BCUT2D eigenvalue weighted by Gasteiger charge is 2.52. The average molecular weight is 470 g/mol. The van der Waals surface area contributed by atoms with Gasteiger partial charge in [0.25, 0.3) is 11.8 Å². The predicted octanol–water partition coefficient (Wildman–Crippen LogP) is 3.38. The number of nitrogens with one attached hydrogen (secondary N) is 2. The van der Waals surface area contributed by atoms with Gasteiger partial charge in [-0.3, -0.25) is 14.6 Å². The molecule has 0 saturated heterocycles. The zero-order valence-electron chi connectivity index (χ0n) is 14.1. The number of primary amides is 1. The second-order valence-corrected chi connectivity index (χ2v) is 7.80. The number of aryl methyl sites for hydroxylation is 1. The summed E-state index contributed by atoms with van der Waals surface area (Å²) >= 11 is 15.3. The van der Waals surface area contributed by atoms with Crippen LogP contribution in [0, 0.1) is 6.92 Å². The summed E-state index contributed by atoms with van der Waals surface area (Å²) in [6.45, 7) is 1.83. The van der Waals surface area contributed by atoms with E-state index in [0.29, 0.717) is 21.3 Å². The van der Waals surface area contributed by atoms with Crippen LogP contribution in [0.15, 0.2) is 45.9 Å².